The first-order valence-corrected chi connectivity index (χ1v) is 8.89. The molecule has 1 N–H and O–H groups in total. The SMILES string of the molecule is CS(=O)(=O)c1ccc(NC(=O)CCc2ccsc2)cc1. The molecule has 0 spiro atoms. The first-order valence-electron chi connectivity index (χ1n) is 6.06. The van der Waals surface area contributed by atoms with Crippen molar-refractivity contribution in [3.8, 4) is 0 Å². The van der Waals surface area contributed by atoms with Crippen molar-refractivity contribution < 1.29 is 13.2 Å². The Bertz CT molecular complexity index is 674. The summed E-state index contributed by atoms with van der Waals surface area (Å²) in [6.07, 6.45) is 2.27. The average Bonchev–Trinajstić information content (AvgIpc) is 2.89. The molecule has 0 fully saturated rings. The average molecular weight is 309 g/mol. The van der Waals surface area contributed by atoms with Gasteiger partial charge in [-0.05, 0) is 53.1 Å². The quantitative estimate of drug-likeness (QED) is 0.923. The lowest BCUT2D eigenvalue weighted by Gasteiger charge is -2.05. The lowest BCUT2D eigenvalue weighted by Crippen LogP contribution is -2.12. The van der Waals surface area contributed by atoms with E-state index in [9.17, 15) is 13.2 Å². The van der Waals surface area contributed by atoms with Crippen molar-refractivity contribution >= 4 is 32.8 Å². The van der Waals surface area contributed by atoms with E-state index in [4.69, 9.17) is 0 Å². The van der Waals surface area contributed by atoms with Gasteiger partial charge in [0.1, 0.15) is 0 Å². The van der Waals surface area contributed by atoms with Crippen LogP contribution in [-0.4, -0.2) is 20.6 Å². The Morgan fingerprint density at radius 3 is 2.45 bits per heavy atom. The molecule has 1 aromatic carbocycles. The van der Waals surface area contributed by atoms with E-state index in [1.54, 1.807) is 23.5 Å². The van der Waals surface area contributed by atoms with Gasteiger partial charge in [-0.2, -0.15) is 11.3 Å². The second-order valence-corrected chi connectivity index (χ2v) is 7.27. The van der Waals surface area contributed by atoms with Crippen LogP contribution in [-0.2, 0) is 21.1 Å². The van der Waals surface area contributed by atoms with Crippen LogP contribution in [0.25, 0.3) is 0 Å². The van der Waals surface area contributed by atoms with Gasteiger partial charge in [-0.1, -0.05) is 0 Å². The van der Waals surface area contributed by atoms with E-state index >= 15 is 0 Å². The number of carbonyl (C=O) groups is 1. The van der Waals surface area contributed by atoms with E-state index in [2.05, 4.69) is 5.32 Å². The summed E-state index contributed by atoms with van der Waals surface area (Å²) >= 11 is 1.61. The molecule has 1 amide bonds. The molecule has 2 rings (SSSR count). The Hall–Kier alpha value is -1.66. The van der Waals surface area contributed by atoms with Crippen molar-refractivity contribution in [1.29, 1.82) is 0 Å². The second kappa shape index (κ2) is 6.19. The van der Waals surface area contributed by atoms with Crippen LogP contribution in [0, 0.1) is 0 Å². The number of sulfone groups is 1. The molecular formula is C14H15NO3S2. The number of anilines is 1. The summed E-state index contributed by atoms with van der Waals surface area (Å²) in [4.78, 5) is 12.0. The van der Waals surface area contributed by atoms with Gasteiger partial charge in [0.05, 0.1) is 4.90 Å². The minimum Gasteiger partial charge on any atom is -0.326 e. The Morgan fingerprint density at radius 2 is 1.90 bits per heavy atom. The minimum atomic E-state index is -3.20. The van der Waals surface area contributed by atoms with Crippen LogP contribution >= 0.6 is 11.3 Å². The van der Waals surface area contributed by atoms with Gasteiger partial charge < -0.3 is 5.32 Å². The molecule has 0 radical (unpaired) electrons. The van der Waals surface area contributed by atoms with Crippen LogP contribution in [0.15, 0.2) is 46.0 Å². The predicted octanol–water partition coefficient (Wildman–Crippen LogP) is 2.72. The van der Waals surface area contributed by atoms with E-state index < -0.39 is 9.84 Å². The third-order valence-corrected chi connectivity index (χ3v) is 4.65. The molecule has 2 aromatic rings. The third-order valence-electron chi connectivity index (χ3n) is 2.79. The fourth-order valence-electron chi connectivity index (χ4n) is 1.70. The number of thiophene rings is 1. The van der Waals surface area contributed by atoms with Crippen LogP contribution in [0.3, 0.4) is 0 Å². The Balaban J connectivity index is 1.91. The van der Waals surface area contributed by atoms with Gasteiger partial charge >= 0.3 is 0 Å². The summed E-state index contributed by atoms with van der Waals surface area (Å²) < 4.78 is 22.6. The zero-order valence-electron chi connectivity index (χ0n) is 11.0. The second-order valence-electron chi connectivity index (χ2n) is 4.48. The normalized spacial score (nSPS) is 11.2. The molecular weight excluding hydrogens is 294 g/mol. The van der Waals surface area contributed by atoms with E-state index in [0.29, 0.717) is 18.5 Å². The number of benzene rings is 1. The summed E-state index contributed by atoms with van der Waals surface area (Å²) in [5.41, 5.74) is 1.75. The maximum Gasteiger partial charge on any atom is 0.224 e. The van der Waals surface area contributed by atoms with Crippen molar-refractivity contribution in [3.63, 3.8) is 0 Å². The number of amides is 1. The zero-order valence-corrected chi connectivity index (χ0v) is 12.6. The number of aryl methyl sites for hydroxylation is 1. The van der Waals surface area contributed by atoms with Gasteiger partial charge in [0.15, 0.2) is 9.84 Å². The van der Waals surface area contributed by atoms with Crippen molar-refractivity contribution in [2.45, 2.75) is 17.7 Å². The monoisotopic (exact) mass is 309 g/mol. The molecule has 1 heterocycles. The lowest BCUT2D eigenvalue weighted by atomic mass is 10.2. The van der Waals surface area contributed by atoms with Crippen molar-refractivity contribution in [1.82, 2.24) is 0 Å². The fourth-order valence-corrected chi connectivity index (χ4v) is 3.04. The van der Waals surface area contributed by atoms with Gasteiger partial charge in [0.25, 0.3) is 0 Å². The number of hydrogen-bond donors (Lipinski definition) is 1. The summed E-state index contributed by atoms with van der Waals surface area (Å²) in [7, 11) is -3.20. The molecule has 1 aromatic heterocycles. The predicted molar refractivity (Wildman–Crippen MR) is 80.8 cm³/mol. The van der Waals surface area contributed by atoms with Gasteiger partial charge in [0, 0.05) is 18.4 Å². The topological polar surface area (TPSA) is 63.2 Å². The van der Waals surface area contributed by atoms with Crippen LogP contribution < -0.4 is 5.32 Å². The number of carbonyl (C=O) groups excluding carboxylic acids is 1. The third kappa shape index (κ3) is 4.18. The molecule has 0 aliphatic carbocycles. The molecule has 0 bridgehead atoms. The molecule has 0 atom stereocenters. The first-order chi connectivity index (χ1) is 9.45. The summed E-state index contributed by atoms with van der Waals surface area (Å²) in [6.45, 7) is 0. The van der Waals surface area contributed by atoms with E-state index in [1.807, 2.05) is 16.8 Å². The summed E-state index contributed by atoms with van der Waals surface area (Å²) in [5.74, 6) is -0.0803. The van der Waals surface area contributed by atoms with Crippen LogP contribution in [0.2, 0.25) is 0 Å². The highest BCUT2D eigenvalue weighted by Crippen LogP contribution is 2.14. The summed E-state index contributed by atoms with van der Waals surface area (Å²) in [5, 5.41) is 6.76. The number of nitrogens with one attached hydrogen (secondary N) is 1. The van der Waals surface area contributed by atoms with Crippen molar-refractivity contribution in [2.75, 3.05) is 11.6 Å². The maximum absolute atomic E-state index is 11.8. The van der Waals surface area contributed by atoms with E-state index in [0.717, 1.165) is 11.8 Å². The standard InChI is InChI=1S/C14H15NO3S2/c1-20(17,18)13-5-3-12(4-6-13)15-14(16)7-2-11-8-9-19-10-11/h3-6,8-10H,2,7H2,1H3,(H,15,16). The van der Waals surface area contributed by atoms with Gasteiger partial charge in [-0.3, -0.25) is 4.79 Å². The maximum atomic E-state index is 11.8. The van der Waals surface area contributed by atoms with Crippen molar-refractivity contribution in [3.05, 3.63) is 46.7 Å². The molecule has 0 aliphatic rings. The van der Waals surface area contributed by atoms with Crippen LogP contribution in [0.5, 0.6) is 0 Å². The largest absolute Gasteiger partial charge is 0.326 e. The number of rotatable bonds is 5. The fraction of sp³-hybridized carbons (Fsp3) is 0.214. The molecule has 0 saturated heterocycles. The highest BCUT2D eigenvalue weighted by Gasteiger charge is 2.07. The van der Waals surface area contributed by atoms with E-state index in [1.165, 1.54) is 12.1 Å². The smallest absolute Gasteiger partial charge is 0.224 e. The minimum absolute atomic E-state index is 0.0803. The molecule has 4 nitrogen and oxygen atoms in total. The zero-order chi connectivity index (χ0) is 14.6. The van der Waals surface area contributed by atoms with Crippen LogP contribution in [0.1, 0.15) is 12.0 Å². The lowest BCUT2D eigenvalue weighted by molar-refractivity contribution is -0.116. The molecule has 0 aliphatic heterocycles. The van der Waals surface area contributed by atoms with Crippen LogP contribution in [0.4, 0.5) is 5.69 Å². The number of hydrogen-bond acceptors (Lipinski definition) is 4. The Morgan fingerprint density at radius 1 is 1.20 bits per heavy atom. The highest BCUT2D eigenvalue weighted by atomic mass is 32.2. The molecule has 106 valence electrons. The van der Waals surface area contributed by atoms with E-state index in [-0.39, 0.29) is 10.8 Å². The summed E-state index contributed by atoms with van der Waals surface area (Å²) in [6, 6.07) is 8.17. The molecule has 6 heteroatoms. The molecule has 20 heavy (non-hydrogen) atoms. The van der Waals surface area contributed by atoms with Gasteiger partial charge in [-0.25, -0.2) is 8.42 Å². The van der Waals surface area contributed by atoms with Gasteiger partial charge in [-0.15, -0.1) is 0 Å². The molecule has 0 saturated carbocycles. The Kier molecular flexibility index (Phi) is 4.57. The molecule has 0 unspecified atom stereocenters. The first kappa shape index (κ1) is 14.7. The Labute approximate surface area is 122 Å². The van der Waals surface area contributed by atoms with Gasteiger partial charge in [0.2, 0.25) is 5.91 Å². The van der Waals surface area contributed by atoms with Crippen molar-refractivity contribution in [2.24, 2.45) is 0 Å². The highest BCUT2D eigenvalue weighted by molar-refractivity contribution is 7.90.